The number of nitrogens with zero attached hydrogens (tertiary/aromatic N) is 3. The molecular formula is C21H26N5O8P. The quantitative estimate of drug-likeness (QED) is 0.305. The third kappa shape index (κ3) is 5.60. The number of carbonyl (C=O) groups excluding carboxylic acids is 1. The zero-order valence-electron chi connectivity index (χ0n) is 19.2. The number of nitrogens with two attached hydrogens (primary N) is 1. The Morgan fingerprint density at radius 1 is 1.26 bits per heavy atom. The molecule has 0 spiro atoms. The molecule has 3 aromatic rings. The first-order valence-corrected chi connectivity index (χ1v) is 12.7. The number of hydrogen-bond acceptors (Lipinski definition) is 11. The molecule has 4 rings (SSSR count). The van der Waals surface area contributed by atoms with Crippen molar-refractivity contribution in [2.45, 2.75) is 38.9 Å². The van der Waals surface area contributed by atoms with Gasteiger partial charge in [-0.1, -0.05) is 18.2 Å². The van der Waals surface area contributed by atoms with Gasteiger partial charge in [0.15, 0.2) is 36.1 Å². The molecule has 0 bridgehead atoms. The van der Waals surface area contributed by atoms with E-state index in [4.69, 9.17) is 29.0 Å². The Balaban J connectivity index is 1.60. The maximum atomic E-state index is 12.8. The summed E-state index contributed by atoms with van der Waals surface area (Å²) in [5.41, 5.74) is 5.72. The number of esters is 1. The smallest absolute Gasteiger partial charge is 0.356 e. The molecule has 188 valence electrons. The van der Waals surface area contributed by atoms with Gasteiger partial charge in [0.1, 0.15) is 0 Å². The Labute approximate surface area is 200 Å². The van der Waals surface area contributed by atoms with Crippen molar-refractivity contribution < 1.29 is 32.6 Å². The number of H-pyrrole nitrogens is 1. The minimum absolute atomic E-state index is 0.0393. The van der Waals surface area contributed by atoms with Crippen molar-refractivity contribution in [2.24, 2.45) is 0 Å². The van der Waals surface area contributed by atoms with E-state index in [1.165, 1.54) is 10.9 Å². The van der Waals surface area contributed by atoms with Crippen LogP contribution in [0.4, 0.5) is 5.95 Å². The van der Waals surface area contributed by atoms with E-state index in [9.17, 15) is 14.2 Å². The molecule has 1 aliphatic heterocycles. The molecule has 1 aliphatic rings. The predicted molar refractivity (Wildman–Crippen MR) is 124 cm³/mol. The lowest BCUT2D eigenvalue weighted by atomic mass is 10.2. The van der Waals surface area contributed by atoms with Crippen LogP contribution in [0.3, 0.4) is 0 Å². The largest absolute Gasteiger partial charge is 0.454 e. The van der Waals surface area contributed by atoms with Crippen molar-refractivity contribution in [3.05, 3.63) is 52.6 Å². The fourth-order valence-corrected chi connectivity index (χ4v) is 5.01. The highest BCUT2D eigenvalue weighted by atomic mass is 31.2. The highest BCUT2D eigenvalue weighted by Gasteiger charge is 2.42. The molecule has 0 unspecified atom stereocenters. The molecule has 1 aromatic carbocycles. The SMILES string of the molecule is CCOP(=O)(CO[C@@H]1C[C@H](OC(=O)c2ccccc2)[C@H](n2cnc3c(=O)[nH]c(N)nc32)O1)OCC. The van der Waals surface area contributed by atoms with Gasteiger partial charge in [0, 0.05) is 6.42 Å². The molecule has 35 heavy (non-hydrogen) atoms. The molecule has 0 amide bonds. The average Bonchev–Trinajstić information content (AvgIpc) is 3.42. The van der Waals surface area contributed by atoms with Crippen LogP contribution in [-0.4, -0.2) is 57.4 Å². The van der Waals surface area contributed by atoms with Crippen molar-refractivity contribution >= 4 is 30.7 Å². The highest BCUT2D eigenvalue weighted by Crippen LogP contribution is 2.49. The van der Waals surface area contributed by atoms with E-state index in [-0.39, 0.29) is 43.1 Å². The number of anilines is 1. The van der Waals surface area contributed by atoms with Crippen LogP contribution in [0.1, 0.15) is 36.9 Å². The molecule has 3 N–H and O–H groups in total. The van der Waals surface area contributed by atoms with Gasteiger partial charge in [-0.15, -0.1) is 0 Å². The summed E-state index contributed by atoms with van der Waals surface area (Å²) in [5.74, 6) is -0.684. The zero-order chi connectivity index (χ0) is 25.0. The van der Waals surface area contributed by atoms with Crippen molar-refractivity contribution in [2.75, 3.05) is 25.3 Å². The lowest BCUT2D eigenvalue weighted by molar-refractivity contribution is -0.146. The van der Waals surface area contributed by atoms with Crippen LogP contribution in [0.5, 0.6) is 0 Å². The Morgan fingerprint density at radius 3 is 2.66 bits per heavy atom. The van der Waals surface area contributed by atoms with Gasteiger partial charge >= 0.3 is 13.6 Å². The molecule has 1 fully saturated rings. The van der Waals surface area contributed by atoms with Crippen LogP contribution in [0.25, 0.3) is 11.2 Å². The second-order valence-corrected chi connectivity index (χ2v) is 9.52. The second-order valence-electron chi connectivity index (χ2n) is 7.52. The number of benzene rings is 1. The van der Waals surface area contributed by atoms with Gasteiger partial charge in [0.05, 0.1) is 25.1 Å². The highest BCUT2D eigenvalue weighted by molar-refractivity contribution is 7.53. The summed E-state index contributed by atoms with van der Waals surface area (Å²) >= 11 is 0. The summed E-state index contributed by atoms with van der Waals surface area (Å²) in [6.45, 7) is 3.73. The van der Waals surface area contributed by atoms with E-state index >= 15 is 0 Å². The molecule has 0 aliphatic carbocycles. The van der Waals surface area contributed by atoms with E-state index in [1.54, 1.807) is 44.2 Å². The lowest BCUT2D eigenvalue weighted by Crippen LogP contribution is -2.26. The number of nitrogen functional groups attached to an aromatic ring is 1. The number of carbonyl (C=O) groups is 1. The number of aromatic nitrogens is 4. The Bertz CT molecular complexity index is 1270. The first-order chi connectivity index (χ1) is 16.8. The van der Waals surface area contributed by atoms with Crippen LogP contribution >= 0.6 is 7.60 Å². The average molecular weight is 507 g/mol. The molecule has 3 atom stereocenters. The van der Waals surface area contributed by atoms with E-state index < -0.39 is 37.7 Å². The molecule has 3 heterocycles. The predicted octanol–water partition coefficient (Wildman–Crippen LogP) is 2.41. The van der Waals surface area contributed by atoms with Gasteiger partial charge in [-0.05, 0) is 26.0 Å². The summed E-state index contributed by atoms with van der Waals surface area (Å²) in [6.07, 6.45) is -1.66. The van der Waals surface area contributed by atoms with Gasteiger partial charge in [-0.25, -0.2) is 9.78 Å². The lowest BCUT2D eigenvalue weighted by Gasteiger charge is -2.21. The molecular weight excluding hydrogens is 481 g/mol. The summed E-state index contributed by atoms with van der Waals surface area (Å²) in [4.78, 5) is 35.6. The molecule has 14 heteroatoms. The maximum Gasteiger partial charge on any atom is 0.356 e. The molecule has 2 aromatic heterocycles. The first kappa shape index (κ1) is 25.0. The molecule has 1 saturated heterocycles. The second kappa shape index (κ2) is 10.7. The third-order valence-electron chi connectivity index (χ3n) is 5.10. The minimum atomic E-state index is -3.50. The van der Waals surface area contributed by atoms with Crippen molar-refractivity contribution in [3.8, 4) is 0 Å². The van der Waals surface area contributed by atoms with E-state index in [2.05, 4.69) is 15.0 Å². The number of rotatable bonds is 10. The number of ether oxygens (including phenoxy) is 3. The summed E-state index contributed by atoms with van der Waals surface area (Å²) < 4.78 is 42.2. The Morgan fingerprint density at radius 2 is 1.97 bits per heavy atom. The minimum Gasteiger partial charge on any atom is -0.454 e. The number of fused-ring (bicyclic) bond motifs is 1. The van der Waals surface area contributed by atoms with E-state index in [0.29, 0.717) is 5.56 Å². The van der Waals surface area contributed by atoms with E-state index in [1.807, 2.05) is 0 Å². The zero-order valence-corrected chi connectivity index (χ0v) is 20.1. The van der Waals surface area contributed by atoms with Gasteiger partial charge in [-0.2, -0.15) is 4.98 Å². The summed E-state index contributed by atoms with van der Waals surface area (Å²) in [6, 6.07) is 8.45. The number of imidazole rings is 1. The summed E-state index contributed by atoms with van der Waals surface area (Å²) in [5, 5.41) is 0. The van der Waals surface area contributed by atoms with Crippen LogP contribution in [0, 0.1) is 0 Å². The standard InChI is InChI=1S/C21H26N5O8P/c1-3-31-35(29,32-4-2)12-30-15-10-14(33-20(28)13-8-6-5-7-9-13)19(34-15)26-11-23-16-17(26)24-21(22)25-18(16)27/h5-9,11,14-15,19H,3-4,10,12H2,1-2H3,(H3,22,24,25,27)/t14-,15-,19+/m0/s1. The van der Waals surface area contributed by atoms with Crippen molar-refractivity contribution in [1.82, 2.24) is 19.5 Å². The normalized spacial score (nSPS) is 20.3. The third-order valence-corrected chi connectivity index (χ3v) is 6.87. The van der Waals surface area contributed by atoms with Crippen molar-refractivity contribution in [1.29, 1.82) is 0 Å². The monoisotopic (exact) mass is 507 g/mol. The first-order valence-electron chi connectivity index (χ1n) is 11.0. The number of hydrogen-bond donors (Lipinski definition) is 2. The van der Waals surface area contributed by atoms with Crippen LogP contribution in [0.2, 0.25) is 0 Å². The van der Waals surface area contributed by atoms with Gasteiger partial charge in [-0.3, -0.25) is 18.9 Å². The van der Waals surface area contributed by atoms with Gasteiger partial charge in [0.2, 0.25) is 5.95 Å². The van der Waals surface area contributed by atoms with Crippen LogP contribution < -0.4 is 11.3 Å². The molecule has 13 nitrogen and oxygen atoms in total. The summed E-state index contributed by atoms with van der Waals surface area (Å²) in [7, 11) is -3.50. The number of aromatic amines is 1. The van der Waals surface area contributed by atoms with Crippen LogP contribution in [-0.2, 0) is 27.8 Å². The number of nitrogens with one attached hydrogen (secondary N) is 1. The molecule has 0 saturated carbocycles. The maximum absolute atomic E-state index is 12.8. The Hall–Kier alpha value is -3.09. The van der Waals surface area contributed by atoms with Crippen molar-refractivity contribution in [3.63, 3.8) is 0 Å². The van der Waals surface area contributed by atoms with E-state index in [0.717, 1.165) is 0 Å². The topological polar surface area (TPSA) is 170 Å². The Kier molecular flexibility index (Phi) is 7.63. The van der Waals surface area contributed by atoms with Gasteiger partial charge < -0.3 is 29.0 Å². The fraction of sp³-hybridized carbons (Fsp3) is 0.429. The van der Waals surface area contributed by atoms with Crippen LogP contribution in [0.15, 0.2) is 41.5 Å². The fourth-order valence-electron chi connectivity index (χ4n) is 3.65. The molecule has 0 radical (unpaired) electrons. The van der Waals surface area contributed by atoms with Gasteiger partial charge in [0.25, 0.3) is 5.56 Å².